The molecule has 74 valence electrons. The molecule has 0 amide bonds. The maximum Gasteiger partial charge on any atom is 0.113 e. The van der Waals surface area contributed by atoms with E-state index >= 15 is 0 Å². The molecule has 0 rings (SSSR count). The Balaban J connectivity index is 4.30. The van der Waals surface area contributed by atoms with E-state index in [9.17, 15) is 15.3 Å². The molecule has 0 spiro atoms. The van der Waals surface area contributed by atoms with Gasteiger partial charge in [-0.3, -0.25) is 0 Å². The van der Waals surface area contributed by atoms with E-state index in [1.807, 2.05) is 13.8 Å². The highest BCUT2D eigenvalue weighted by Gasteiger charge is 2.26. The molecular formula is C8H19NO3. The zero-order valence-electron chi connectivity index (χ0n) is 8.10. The minimum Gasteiger partial charge on any atom is -0.379 e. The number of hydrogen-bond donors (Lipinski definition) is 3. The summed E-state index contributed by atoms with van der Waals surface area (Å²) in [6.45, 7) is 6.67. The molecule has 0 aliphatic heterocycles. The van der Waals surface area contributed by atoms with Crippen LogP contribution in [0.3, 0.4) is 0 Å². The SMILES string of the molecule is CC(C)C(O)N(C(C)O)C(C)O. The van der Waals surface area contributed by atoms with E-state index in [4.69, 9.17) is 0 Å². The fourth-order valence-electron chi connectivity index (χ4n) is 1.10. The van der Waals surface area contributed by atoms with Crippen LogP contribution in [-0.4, -0.2) is 38.9 Å². The summed E-state index contributed by atoms with van der Waals surface area (Å²) in [5, 5.41) is 27.9. The molecule has 3 unspecified atom stereocenters. The van der Waals surface area contributed by atoms with Crippen molar-refractivity contribution >= 4 is 0 Å². The normalized spacial score (nSPS) is 19.8. The molecule has 0 saturated carbocycles. The average molecular weight is 177 g/mol. The van der Waals surface area contributed by atoms with Gasteiger partial charge in [-0.1, -0.05) is 13.8 Å². The molecule has 0 heterocycles. The van der Waals surface area contributed by atoms with Crippen molar-refractivity contribution in [2.75, 3.05) is 0 Å². The lowest BCUT2D eigenvalue weighted by Crippen LogP contribution is -2.49. The van der Waals surface area contributed by atoms with Crippen LogP contribution < -0.4 is 0 Å². The Labute approximate surface area is 73.4 Å². The van der Waals surface area contributed by atoms with Crippen molar-refractivity contribution in [3.8, 4) is 0 Å². The lowest BCUT2D eigenvalue weighted by molar-refractivity contribution is -0.179. The minimum absolute atomic E-state index is 0.0193. The van der Waals surface area contributed by atoms with E-state index in [0.717, 1.165) is 0 Å². The van der Waals surface area contributed by atoms with E-state index in [1.165, 1.54) is 18.7 Å². The molecule has 3 atom stereocenters. The molecule has 4 heteroatoms. The van der Waals surface area contributed by atoms with E-state index in [2.05, 4.69) is 0 Å². The number of aliphatic hydroxyl groups is 3. The fraction of sp³-hybridized carbons (Fsp3) is 1.00. The maximum absolute atomic E-state index is 9.53. The highest BCUT2D eigenvalue weighted by molar-refractivity contribution is 4.66. The molecule has 0 saturated heterocycles. The van der Waals surface area contributed by atoms with Gasteiger partial charge in [0.25, 0.3) is 0 Å². The first-order chi connectivity index (χ1) is 5.37. The molecular weight excluding hydrogens is 158 g/mol. The van der Waals surface area contributed by atoms with Gasteiger partial charge in [0.15, 0.2) is 0 Å². The summed E-state index contributed by atoms with van der Waals surface area (Å²) < 4.78 is 0. The standard InChI is InChI=1S/C8H19NO3/c1-5(2)8(12)9(6(3)10)7(4)11/h5-8,10-12H,1-4H3. The second-order valence-electron chi connectivity index (χ2n) is 3.37. The van der Waals surface area contributed by atoms with E-state index < -0.39 is 18.7 Å². The van der Waals surface area contributed by atoms with E-state index in [1.54, 1.807) is 0 Å². The first kappa shape index (κ1) is 11.8. The molecule has 0 radical (unpaired) electrons. The highest BCUT2D eigenvalue weighted by atomic mass is 16.4. The summed E-state index contributed by atoms with van der Waals surface area (Å²) in [6, 6.07) is 0. The Kier molecular flexibility index (Phi) is 4.70. The molecule has 4 nitrogen and oxygen atoms in total. The van der Waals surface area contributed by atoms with Gasteiger partial charge in [-0.2, -0.15) is 0 Å². The third-order valence-electron chi connectivity index (χ3n) is 1.76. The summed E-state index contributed by atoms with van der Waals surface area (Å²) >= 11 is 0. The lowest BCUT2D eigenvalue weighted by atomic mass is 10.1. The predicted octanol–water partition coefficient (Wildman–Crippen LogP) is -0.0606. The average Bonchev–Trinajstić information content (AvgIpc) is 1.85. The Morgan fingerprint density at radius 2 is 1.17 bits per heavy atom. The maximum atomic E-state index is 9.53. The van der Waals surface area contributed by atoms with Crippen molar-refractivity contribution in [3.63, 3.8) is 0 Å². The van der Waals surface area contributed by atoms with Crippen LogP contribution >= 0.6 is 0 Å². The van der Waals surface area contributed by atoms with Crippen LogP contribution in [-0.2, 0) is 0 Å². The highest BCUT2D eigenvalue weighted by Crippen LogP contribution is 2.12. The summed E-state index contributed by atoms with van der Waals surface area (Å²) in [6.07, 6.45) is -2.50. The molecule has 0 aromatic carbocycles. The summed E-state index contributed by atoms with van der Waals surface area (Å²) in [5.41, 5.74) is 0. The number of hydrogen-bond acceptors (Lipinski definition) is 4. The Hall–Kier alpha value is -0.160. The molecule has 12 heavy (non-hydrogen) atoms. The van der Waals surface area contributed by atoms with Gasteiger partial charge < -0.3 is 15.3 Å². The summed E-state index contributed by atoms with van der Waals surface area (Å²) in [4.78, 5) is 1.24. The van der Waals surface area contributed by atoms with Crippen LogP contribution in [0.15, 0.2) is 0 Å². The second-order valence-corrected chi connectivity index (χ2v) is 3.37. The van der Waals surface area contributed by atoms with Gasteiger partial charge in [0.1, 0.15) is 18.7 Å². The number of aliphatic hydroxyl groups excluding tert-OH is 3. The number of nitrogens with zero attached hydrogens (tertiary/aromatic N) is 1. The Morgan fingerprint density at radius 3 is 1.25 bits per heavy atom. The number of rotatable bonds is 4. The van der Waals surface area contributed by atoms with Gasteiger partial charge in [0.05, 0.1) is 0 Å². The van der Waals surface area contributed by atoms with Crippen molar-refractivity contribution < 1.29 is 15.3 Å². The third-order valence-corrected chi connectivity index (χ3v) is 1.76. The Bertz CT molecular complexity index is 117. The zero-order chi connectivity index (χ0) is 9.89. The molecule has 0 aromatic rings. The van der Waals surface area contributed by atoms with Gasteiger partial charge >= 0.3 is 0 Å². The van der Waals surface area contributed by atoms with Crippen LogP contribution in [0, 0.1) is 5.92 Å². The van der Waals surface area contributed by atoms with E-state index in [-0.39, 0.29) is 5.92 Å². The van der Waals surface area contributed by atoms with Gasteiger partial charge in [-0.25, -0.2) is 4.90 Å². The molecule has 0 bridgehead atoms. The summed E-state index contributed by atoms with van der Waals surface area (Å²) in [7, 11) is 0. The first-order valence-corrected chi connectivity index (χ1v) is 4.19. The Morgan fingerprint density at radius 1 is 0.833 bits per heavy atom. The topological polar surface area (TPSA) is 63.9 Å². The summed E-state index contributed by atoms with van der Waals surface area (Å²) in [5.74, 6) is -0.0193. The smallest absolute Gasteiger partial charge is 0.113 e. The van der Waals surface area contributed by atoms with Crippen LogP contribution in [0.25, 0.3) is 0 Å². The lowest BCUT2D eigenvalue weighted by Gasteiger charge is -2.34. The van der Waals surface area contributed by atoms with E-state index in [0.29, 0.717) is 0 Å². The van der Waals surface area contributed by atoms with Gasteiger partial charge in [-0.15, -0.1) is 0 Å². The minimum atomic E-state index is -0.845. The molecule has 0 aliphatic carbocycles. The van der Waals surface area contributed by atoms with Gasteiger partial charge in [0.2, 0.25) is 0 Å². The van der Waals surface area contributed by atoms with Crippen molar-refractivity contribution in [1.29, 1.82) is 0 Å². The second kappa shape index (κ2) is 4.77. The van der Waals surface area contributed by atoms with Crippen molar-refractivity contribution in [2.45, 2.75) is 46.4 Å². The molecule has 0 aromatic heterocycles. The quantitative estimate of drug-likeness (QED) is 0.526. The molecule has 0 aliphatic rings. The van der Waals surface area contributed by atoms with Crippen molar-refractivity contribution in [2.24, 2.45) is 5.92 Å². The monoisotopic (exact) mass is 177 g/mol. The van der Waals surface area contributed by atoms with Crippen molar-refractivity contribution in [3.05, 3.63) is 0 Å². The first-order valence-electron chi connectivity index (χ1n) is 4.19. The van der Waals surface area contributed by atoms with Gasteiger partial charge in [0, 0.05) is 0 Å². The molecule has 0 fully saturated rings. The van der Waals surface area contributed by atoms with Gasteiger partial charge in [-0.05, 0) is 19.8 Å². The van der Waals surface area contributed by atoms with Crippen molar-refractivity contribution in [1.82, 2.24) is 4.90 Å². The van der Waals surface area contributed by atoms with Crippen LogP contribution in [0.4, 0.5) is 0 Å². The van der Waals surface area contributed by atoms with Crippen LogP contribution in [0.1, 0.15) is 27.7 Å². The third kappa shape index (κ3) is 3.06. The predicted molar refractivity (Wildman–Crippen MR) is 46.0 cm³/mol. The van der Waals surface area contributed by atoms with Crippen LogP contribution in [0.5, 0.6) is 0 Å². The molecule has 3 N–H and O–H groups in total. The van der Waals surface area contributed by atoms with Crippen LogP contribution in [0.2, 0.25) is 0 Å². The fourth-order valence-corrected chi connectivity index (χ4v) is 1.10. The largest absolute Gasteiger partial charge is 0.379 e. The zero-order valence-corrected chi connectivity index (χ0v) is 8.10.